The van der Waals surface area contributed by atoms with Gasteiger partial charge in [-0.05, 0) is 36.4 Å². The molecular formula is C18H13ClFN3O3S. The van der Waals surface area contributed by atoms with Gasteiger partial charge in [0.05, 0.1) is 5.75 Å². The fraction of sp³-hybridized carbons (Fsp3) is 0.111. The molecule has 0 radical (unpaired) electrons. The number of aromatic nitrogens is 2. The summed E-state index contributed by atoms with van der Waals surface area (Å²) < 4.78 is 39.0. The van der Waals surface area contributed by atoms with E-state index in [9.17, 15) is 17.6 Å². The molecule has 1 N–H and O–H groups in total. The summed E-state index contributed by atoms with van der Waals surface area (Å²) >= 11 is 5.91. The zero-order chi connectivity index (χ0) is 19.2. The molecule has 27 heavy (non-hydrogen) atoms. The Labute approximate surface area is 159 Å². The summed E-state index contributed by atoms with van der Waals surface area (Å²) in [6.07, 6.45) is 0. The van der Waals surface area contributed by atoms with Crippen LogP contribution in [-0.4, -0.2) is 29.6 Å². The van der Waals surface area contributed by atoms with Crippen LogP contribution in [0.2, 0.25) is 5.02 Å². The Bertz CT molecular complexity index is 1140. The van der Waals surface area contributed by atoms with Gasteiger partial charge < -0.3 is 9.88 Å². The first-order valence-corrected chi connectivity index (χ1v) is 10.0. The SMILES string of the molecule is O=C(Nc1ccc(F)cc1)c1c(-c2ccc(Cl)cc2)nc2n1CCS2(=O)=O. The van der Waals surface area contributed by atoms with Gasteiger partial charge in [-0.1, -0.05) is 23.7 Å². The minimum Gasteiger partial charge on any atom is -0.321 e. The van der Waals surface area contributed by atoms with E-state index in [0.717, 1.165) is 0 Å². The molecule has 2 aromatic carbocycles. The van der Waals surface area contributed by atoms with E-state index in [1.165, 1.54) is 28.8 Å². The summed E-state index contributed by atoms with van der Waals surface area (Å²) in [5.41, 5.74) is 1.35. The highest BCUT2D eigenvalue weighted by Crippen LogP contribution is 2.31. The standard InChI is InChI=1S/C18H13ClFN3O3S/c19-12-3-1-11(2-4-12)15-16(23-9-10-27(25,26)18(23)22-15)17(24)21-14-7-5-13(20)6-8-14/h1-8H,9-10H2,(H,21,24). The average Bonchev–Trinajstić information content (AvgIpc) is 3.15. The summed E-state index contributed by atoms with van der Waals surface area (Å²) in [5, 5.41) is 3.04. The number of hydrogen-bond acceptors (Lipinski definition) is 4. The van der Waals surface area contributed by atoms with E-state index in [0.29, 0.717) is 16.3 Å². The number of halogens is 2. The summed E-state index contributed by atoms with van der Waals surface area (Å²) in [7, 11) is -3.54. The van der Waals surface area contributed by atoms with E-state index in [-0.39, 0.29) is 28.8 Å². The minimum absolute atomic E-state index is 0.104. The van der Waals surface area contributed by atoms with Crippen LogP contribution in [0.5, 0.6) is 0 Å². The number of fused-ring (bicyclic) bond motifs is 1. The van der Waals surface area contributed by atoms with Crippen LogP contribution in [0, 0.1) is 5.82 Å². The third-order valence-corrected chi connectivity index (χ3v) is 6.07. The number of sulfone groups is 1. The van der Waals surface area contributed by atoms with Gasteiger partial charge in [-0.25, -0.2) is 17.8 Å². The second-order valence-corrected chi connectivity index (χ2v) is 8.47. The van der Waals surface area contributed by atoms with Crippen LogP contribution in [0.15, 0.2) is 53.7 Å². The van der Waals surface area contributed by atoms with Crippen molar-refractivity contribution in [3.63, 3.8) is 0 Å². The van der Waals surface area contributed by atoms with E-state index < -0.39 is 21.6 Å². The highest BCUT2D eigenvalue weighted by atomic mass is 35.5. The molecule has 0 saturated carbocycles. The van der Waals surface area contributed by atoms with Crippen molar-refractivity contribution in [3.8, 4) is 11.3 Å². The van der Waals surface area contributed by atoms with E-state index in [4.69, 9.17) is 11.6 Å². The van der Waals surface area contributed by atoms with Gasteiger partial charge in [-0.3, -0.25) is 4.79 Å². The number of rotatable bonds is 3. The van der Waals surface area contributed by atoms with Gasteiger partial charge in [0.25, 0.3) is 5.91 Å². The molecule has 1 amide bonds. The first-order chi connectivity index (χ1) is 12.8. The van der Waals surface area contributed by atoms with Crippen molar-refractivity contribution < 1.29 is 17.6 Å². The third-order valence-electron chi connectivity index (χ3n) is 4.23. The average molecular weight is 406 g/mol. The van der Waals surface area contributed by atoms with Crippen molar-refractivity contribution in [3.05, 3.63) is 65.1 Å². The summed E-state index contributed by atoms with van der Waals surface area (Å²) in [5.74, 6) is -1.05. The lowest BCUT2D eigenvalue weighted by Crippen LogP contribution is -2.17. The summed E-state index contributed by atoms with van der Waals surface area (Å²) in [6, 6.07) is 11.9. The van der Waals surface area contributed by atoms with E-state index in [1.807, 2.05) is 0 Å². The van der Waals surface area contributed by atoms with Crippen molar-refractivity contribution in [1.29, 1.82) is 0 Å². The predicted molar refractivity (Wildman–Crippen MR) is 99.1 cm³/mol. The summed E-state index contributed by atoms with van der Waals surface area (Å²) in [4.78, 5) is 17.1. The Hall–Kier alpha value is -2.71. The number of nitrogens with zero attached hydrogens (tertiary/aromatic N) is 2. The van der Waals surface area contributed by atoms with Crippen molar-refractivity contribution >= 4 is 33.0 Å². The summed E-state index contributed by atoms with van der Waals surface area (Å²) in [6.45, 7) is 0.143. The highest BCUT2D eigenvalue weighted by Gasteiger charge is 2.35. The van der Waals surface area contributed by atoms with Gasteiger partial charge in [0.15, 0.2) is 0 Å². The van der Waals surface area contributed by atoms with Crippen molar-refractivity contribution in [2.45, 2.75) is 11.7 Å². The smallest absolute Gasteiger partial charge is 0.274 e. The Kier molecular flexibility index (Phi) is 4.24. The number of benzene rings is 2. The molecule has 6 nitrogen and oxygen atoms in total. The number of carbonyl (C=O) groups excluding carboxylic acids is 1. The van der Waals surface area contributed by atoms with Gasteiger partial charge in [0, 0.05) is 22.8 Å². The molecule has 1 aromatic heterocycles. The fourth-order valence-electron chi connectivity index (χ4n) is 2.94. The Morgan fingerprint density at radius 3 is 2.44 bits per heavy atom. The predicted octanol–water partition coefficient (Wildman–Crippen LogP) is 3.38. The van der Waals surface area contributed by atoms with Crippen LogP contribution in [-0.2, 0) is 16.4 Å². The van der Waals surface area contributed by atoms with Gasteiger partial charge in [-0.2, -0.15) is 0 Å². The van der Waals surface area contributed by atoms with Crippen LogP contribution in [0.4, 0.5) is 10.1 Å². The lowest BCUT2D eigenvalue weighted by molar-refractivity contribution is 0.101. The van der Waals surface area contributed by atoms with Crippen LogP contribution in [0.3, 0.4) is 0 Å². The fourth-order valence-corrected chi connectivity index (χ4v) is 4.42. The Balaban J connectivity index is 1.81. The molecule has 1 aliphatic heterocycles. The number of hydrogen-bond donors (Lipinski definition) is 1. The minimum atomic E-state index is -3.54. The van der Waals surface area contributed by atoms with Crippen molar-refractivity contribution in [2.75, 3.05) is 11.1 Å². The van der Waals surface area contributed by atoms with Crippen LogP contribution in [0.25, 0.3) is 11.3 Å². The van der Waals surface area contributed by atoms with Gasteiger partial charge in [-0.15, -0.1) is 0 Å². The maximum atomic E-state index is 13.1. The number of carbonyl (C=O) groups is 1. The number of amides is 1. The van der Waals surface area contributed by atoms with Gasteiger partial charge >= 0.3 is 0 Å². The molecule has 3 aromatic rings. The Morgan fingerprint density at radius 2 is 1.78 bits per heavy atom. The quantitative estimate of drug-likeness (QED) is 0.724. The topological polar surface area (TPSA) is 81.1 Å². The van der Waals surface area contributed by atoms with E-state index >= 15 is 0 Å². The van der Waals surface area contributed by atoms with Crippen LogP contribution in [0.1, 0.15) is 10.5 Å². The largest absolute Gasteiger partial charge is 0.321 e. The molecule has 1 aliphatic rings. The molecule has 4 rings (SSSR count). The Morgan fingerprint density at radius 1 is 1.11 bits per heavy atom. The highest BCUT2D eigenvalue weighted by molar-refractivity contribution is 7.91. The molecule has 0 bridgehead atoms. The molecule has 0 atom stereocenters. The van der Waals surface area contributed by atoms with Crippen LogP contribution < -0.4 is 5.32 Å². The molecule has 2 heterocycles. The zero-order valence-corrected chi connectivity index (χ0v) is 15.4. The van der Waals surface area contributed by atoms with Crippen molar-refractivity contribution in [1.82, 2.24) is 9.55 Å². The van der Waals surface area contributed by atoms with E-state index in [1.54, 1.807) is 24.3 Å². The van der Waals surface area contributed by atoms with Crippen LogP contribution >= 0.6 is 11.6 Å². The molecule has 0 aliphatic carbocycles. The normalized spacial score (nSPS) is 14.7. The second-order valence-electron chi connectivity index (χ2n) is 6.03. The number of anilines is 1. The van der Waals surface area contributed by atoms with E-state index in [2.05, 4.69) is 10.3 Å². The van der Waals surface area contributed by atoms with Gasteiger partial charge in [0.1, 0.15) is 17.2 Å². The number of nitrogens with one attached hydrogen (secondary N) is 1. The molecule has 0 saturated heterocycles. The zero-order valence-electron chi connectivity index (χ0n) is 13.8. The second kappa shape index (κ2) is 6.47. The monoisotopic (exact) mass is 405 g/mol. The molecule has 9 heteroatoms. The third kappa shape index (κ3) is 3.22. The lowest BCUT2D eigenvalue weighted by atomic mass is 10.1. The lowest BCUT2D eigenvalue weighted by Gasteiger charge is -2.09. The molecule has 0 unspecified atom stereocenters. The molecule has 0 fully saturated rings. The first kappa shape index (κ1) is 17.7. The number of imidazole rings is 1. The maximum absolute atomic E-state index is 13.1. The van der Waals surface area contributed by atoms with Crippen molar-refractivity contribution in [2.24, 2.45) is 0 Å². The maximum Gasteiger partial charge on any atom is 0.274 e. The molecule has 138 valence electrons. The molecular weight excluding hydrogens is 393 g/mol. The molecule has 0 spiro atoms. The van der Waals surface area contributed by atoms with Gasteiger partial charge in [0.2, 0.25) is 15.0 Å². The first-order valence-electron chi connectivity index (χ1n) is 8.01.